The minimum absolute atomic E-state index is 0.0928. The van der Waals surface area contributed by atoms with Gasteiger partial charge in [0.25, 0.3) is 11.5 Å². The first kappa shape index (κ1) is 16.7. The average Bonchev–Trinajstić information content (AvgIpc) is 2.45. The number of carbonyl (C=O) groups excluding carboxylic acids is 1. The van der Waals surface area contributed by atoms with Gasteiger partial charge in [0.1, 0.15) is 17.3 Å². The fourth-order valence-corrected chi connectivity index (χ4v) is 2.26. The van der Waals surface area contributed by atoms with Crippen molar-refractivity contribution in [2.45, 2.75) is 33.2 Å². The van der Waals surface area contributed by atoms with Gasteiger partial charge >= 0.3 is 5.97 Å². The number of hydrogen-bond donors (Lipinski definition) is 2. The first-order chi connectivity index (χ1) is 10.8. The molecule has 2 rings (SSSR count). The lowest BCUT2D eigenvalue weighted by Crippen LogP contribution is -2.43. The molecule has 7 heteroatoms. The maximum Gasteiger partial charge on any atom is 0.326 e. The Kier molecular flexibility index (Phi) is 4.78. The molecule has 0 bridgehead atoms. The molecular formula is C16H19N3O4. The Balaban J connectivity index is 2.34. The van der Waals surface area contributed by atoms with Gasteiger partial charge in [0, 0.05) is 12.4 Å². The third-order valence-electron chi connectivity index (χ3n) is 3.42. The van der Waals surface area contributed by atoms with Crippen LogP contribution in [0.4, 0.5) is 0 Å². The van der Waals surface area contributed by atoms with Crippen molar-refractivity contribution in [3.63, 3.8) is 0 Å². The minimum atomic E-state index is -1.13. The normalized spacial score (nSPS) is 12.3. The van der Waals surface area contributed by atoms with Crippen LogP contribution in [0.5, 0.6) is 0 Å². The molecule has 1 amide bonds. The second kappa shape index (κ2) is 6.60. The topological polar surface area (TPSA) is 101 Å². The summed E-state index contributed by atoms with van der Waals surface area (Å²) >= 11 is 0. The predicted molar refractivity (Wildman–Crippen MR) is 84.5 cm³/mol. The summed E-state index contributed by atoms with van der Waals surface area (Å²) in [5.74, 6) is -1.77. The number of fused-ring (bicyclic) bond motifs is 1. The lowest BCUT2D eigenvalue weighted by Gasteiger charge is -2.16. The van der Waals surface area contributed by atoms with Gasteiger partial charge in [-0.1, -0.05) is 13.8 Å². The van der Waals surface area contributed by atoms with E-state index in [9.17, 15) is 19.5 Å². The Bertz CT molecular complexity index is 811. The van der Waals surface area contributed by atoms with Crippen molar-refractivity contribution in [3.8, 4) is 0 Å². The molecule has 23 heavy (non-hydrogen) atoms. The number of aromatic nitrogens is 2. The average molecular weight is 317 g/mol. The zero-order chi connectivity index (χ0) is 17.1. The smallest absolute Gasteiger partial charge is 0.326 e. The van der Waals surface area contributed by atoms with Crippen LogP contribution in [-0.4, -0.2) is 32.4 Å². The molecule has 1 atom stereocenters. The first-order valence-corrected chi connectivity index (χ1v) is 7.31. The van der Waals surface area contributed by atoms with E-state index in [0.717, 1.165) is 5.56 Å². The van der Waals surface area contributed by atoms with E-state index in [4.69, 9.17) is 0 Å². The Morgan fingerprint density at radius 1 is 1.39 bits per heavy atom. The van der Waals surface area contributed by atoms with Gasteiger partial charge in [0.15, 0.2) is 0 Å². The Hall–Kier alpha value is -2.70. The summed E-state index contributed by atoms with van der Waals surface area (Å²) in [5, 5.41) is 11.6. The third-order valence-corrected chi connectivity index (χ3v) is 3.42. The summed E-state index contributed by atoms with van der Waals surface area (Å²) in [7, 11) is 0. The zero-order valence-corrected chi connectivity index (χ0v) is 13.2. The van der Waals surface area contributed by atoms with E-state index in [1.807, 2.05) is 20.8 Å². The molecule has 0 radical (unpaired) electrons. The van der Waals surface area contributed by atoms with Crippen molar-refractivity contribution >= 4 is 17.5 Å². The van der Waals surface area contributed by atoms with E-state index in [-0.39, 0.29) is 17.9 Å². The maximum atomic E-state index is 12.4. The first-order valence-electron chi connectivity index (χ1n) is 7.31. The van der Waals surface area contributed by atoms with Gasteiger partial charge in [-0.3, -0.25) is 14.0 Å². The lowest BCUT2D eigenvalue weighted by molar-refractivity contribution is -0.139. The third kappa shape index (κ3) is 3.74. The Morgan fingerprint density at radius 2 is 2.09 bits per heavy atom. The van der Waals surface area contributed by atoms with E-state index < -0.39 is 23.5 Å². The highest BCUT2D eigenvalue weighted by Crippen LogP contribution is 2.06. The van der Waals surface area contributed by atoms with Crippen LogP contribution in [-0.2, 0) is 4.79 Å². The van der Waals surface area contributed by atoms with Crippen LogP contribution < -0.4 is 10.9 Å². The molecule has 2 heterocycles. The highest BCUT2D eigenvalue weighted by molar-refractivity contribution is 5.96. The van der Waals surface area contributed by atoms with Gasteiger partial charge < -0.3 is 10.4 Å². The number of carboxylic acids is 1. The molecule has 122 valence electrons. The SMILES string of the molecule is Cc1ccn2c(=O)c(C(=O)N[C@@H](CC(C)C)C(=O)O)cnc2c1. The minimum Gasteiger partial charge on any atom is -0.480 e. The van der Waals surface area contributed by atoms with E-state index in [0.29, 0.717) is 5.65 Å². The molecule has 0 saturated heterocycles. The number of aryl methyl sites for hydroxylation is 1. The summed E-state index contributed by atoms with van der Waals surface area (Å²) in [4.78, 5) is 39.9. The van der Waals surface area contributed by atoms with Crippen molar-refractivity contribution in [2.75, 3.05) is 0 Å². The quantitative estimate of drug-likeness (QED) is 0.864. The summed E-state index contributed by atoms with van der Waals surface area (Å²) in [5.41, 5.74) is 0.669. The van der Waals surface area contributed by atoms with Crippen molar-refractivity contribution < 1.29 is 14.7 Å². The number of amides is 1. The zero-order valence-electron chi connectivity index (χ0n) is 13.2. The van der Waals surface area contributed by atoms with Crippen LogP contribution in [0, 0.1) is 12.8 Å². The summed E-state index contributed by atoms with van der Waals surface area (Å²) in [6, 6.07) is 2.42. The van der Waals surface area contributed by atoms with Gasteiger partial charge in [-0.05, 0) is 37.0 Å². The fourth-order valence-electron chi connectivity index (χ4n) is 2.26. The van der Waals surface area contributed by atoms with Crippen LogP contribution in [0.25, 0.3) is 5.65 Å². The molecule has 0 aromatic carbocycles. The van der Waals surface area contributed by atoms with Gasteiger partial charge in [-0.15, -0.1) is 0 Å². The molecule has 0 aliphatic heterocycles. The van der Waals surface area contributed by atoms with Gasteiger partial charge in [0.2, 0.25) is 0 Å². The van der Waals surface area contributed by atoms with Crippen molar-refractivity contribution in [1.29, 1.82) is 0 Å². The summed E-state index contributed by atoms with van der Waals surface area (Å²) in [6.45, 7) is 5.59. The number of carbonyl (C=O) groups is 2. The van der Waals surface area contributed by atoms with Crippen LogP contribution in [0.2, 0.25) is 0 Å². The Morgan fingerprint density at radius 3 is 2.70 bits per heavy atom. The number of rotatable bonds is 5. The summed E-state index contributed by atoms with van der Waals surface area (Å²) in [6.07, 6.45) is 3.00. The largest absolute Gasteiger partial charge is 0.480 e. The predicted octanol–water partition coefficient (Wildman–Crippen LogP) is 1.23. The standard InChI is InChI=1S/C16H19N3O4/c1-9(2)6-12(16(22)23)18-14(20)11-8-17-13-7-10(3)4-5-19(13)15(11)21/h4-5,7-9,12H,6H2,1-3H3,(H,18,20)(H,22,23)/t12-/m0/s1. The van der Waals surface area contributed by atoms with E-state index in [1.165, 1.54) is 10.6 Å². The number of carboxylic acid groups (broad SMARTS) is 1. The van der Waals surface area contributed by atoms with Crippen LogP contribution in [0.3, 0.4) is 0 Å². The van der Waals surface area contributed by atoms with E-state index in [2.05, 4.69) is 10.3 Å². The molecule has 0 aliphatic carbocycles. The van der Waals surface area contributed by atoms with E-state index in [1.54, 1.807) is 18.3 Å². The second-order valence-electron chi connectivity index (χ2n) is 5.90. The second-order valence-corrected chi connectivity index (χ2v) is 5.90. The number of hydrogen-bond acceptors (Lipinski definition) is 4. The van der Waals surface area contributed by atoms with Gasteiger partial charge in [-0.2, -0.15) is 0 Å². The maximum absolute atomic E-state index is 12.4. The number of nitrogens with zero attached hydrogens (tertiary/aromatic N) is 2. The number of pyridine rings is 1. The van der Waals surface area contributed by atoms with Crippen molar-refractivity contribution in [1.82, 2.24) is 14.7 Å². The number of nitrogens with one attached hydrogen (secondary N) is 1. The fraction of sp³-hybridized carbons (Fsp3) is 0.375. The van der Waals surface area contributed by atoms with Crippen LogP contribution in [0.15, 0.2) is 29.3 Å². The van der Waals surface area contributed by atoms with E-state index >= 15 is 0 Å². The highest BCUT2D eigenvalue weighted by Gasteiger charge is 2.23. The molecule has 2 aromatic rings. The molecule has 0 spiro atoms. The molecule has 7 nitrogen and oxygen atoms in total. The van der Waals surface area contributed by atoms with Crippen molar-refractivity contribution in [3.05, 3.63) is 46.0 Å². The van der Waals surface area contributed by atoms with Crippen LogP contribution in [0.1, 0.15) is 36.2 Å². The summed E-state index contributed by atoms with van der Waals surface area (Å²) < 4.78 is 1.26. The highest BCUT2D eigenvalue weighted by atomic mass is 16.4. The Labute approximate surface area is 133 Å². The van der Waals surface area contributed by atoms with Crippen LogP contribution >= 0.6 is 0 Å². The van der Waals surface area contributed by atoms with Gasteiger partial charge in [-0.25, -0.2) is 9.78 Å². The lowest BCUT2D eigenvalue weighted by atomic mass is 10.0. The molecular weight excluding hydrogens is 298 g/mol. The molecule has 0 aliphatic rings. The molecule has 2 aromatic heterocycles. The monoisotopic (exact) mass is 317 g/mol. The molecule has 0 saturated carbocycles. The van der Waals surface area contributed by atoms with Crippen molar-refractivity contribution in [2.24, 2.45) is 5.92 Å². The van der Waals surface area contributed by atoms with Gasteiger partial charge in [0.05, 0.1) is 0 Å². The molecule has 0 fully saturated rings. The molecule has 2 N–H and O–H groups in total. The number of aliphatic carboxylic acids is 1. The molecule has 0 unspecified atom stereocenters.